The van der Waals surface area contributed by atoms with E-state index < -0.39 is 0 Å². The van der Waals surface area contributed by atoms with Crippen molar-refractivity contribution in [3.05, 3.63) is 48.0 Å². The summed E-state index contributed by atoms with van der Waals surface area (Å²) in [4.78, 5) is 0. The first-order valence-corrected chi connectivity index (χ1v) is 6.05. The SMILES string of the molecule is COc1ccc(OC(C)c2cc(N)ccc2N)cc1. The molecule has 0 aliphatic rings. The summed E-state index contributed by atoms with van der Waals surface area (Å²) in [6.07, 6.45) is -0.170. The predicted molar refractivity (Wildman–Crippen MR) is 77.3 cm³/mol. The maximum Gasteiger partial charge on any atom is 0.123 e. The van der Waals surface area contributed by atoms with E-state index in [1.54, 1.807) is 19.2 Å². The smallest absolute Gasteiger partial charge is 0.123 e. The Labute approximate surface area is 112 Å². The molecule has 0 radical (unpaired) electrons. The zero-order valence-corrected chi connectivity index (χ0v) is 11.1. The molecule has 4 nitrogen and oxygen atoms in total. The van der Waals surface area contributed by atoms with Gasteiger partial charge >= 0.3 is 0 Å². The lowest BCUT2D eigenvalue weighted by molar-refractivity contribution is 0.227. The Morgan fingerprint density at radius 3 is 2.21 bits per heavy atom. The summed E-state index contributed by atoms with van der Waals surface area (Å²) in [5, 5.41) is 0. The number of benzene rings is 2. The molecule has 0 fully saturated rings. The van der Waals surface area contributed by atoms with Gasteiger partial charge in [0.1, 0.15) is 17.6 Å². The van der Waals surface area contributed by atoms with Gasteiger partial charge in [-0.25, -0.2) is 0 Å². The van der Waals surface area contributed by atoms with Crippen molar-refractivity contribution >= 4 is 11.4 Å². The van der Waals surface area contributed by atoms with Crippen LogP contribution in [0.3, 0.4) is 0 Å². The minimum atomic E-state index is -0.170. The Bertz CT molecular complexity index is 553. The summed E-state index contributed by atoms with van der Waals surface area (Å²) < 4.78 is 10.9. The number of methoxy groups -OCH3 is 1. The highest BCUT2D eigenvalue weighted by Gasteiger charge is 2.11. The Hall–Kier alpha value is -2.36. The number of hydrogen-bond acceptors (Lipinski definition) is 4. The van der Waals surface area contributed by atoms with E-state index >= 15 is 0 Å². The summed E-state index contributed by atoms with van der Waals surface area (Å²) in [5.41, 5.74) is 13.9. The fourth-order valence-electron chi connectivity index (χ4n) is 1.87. The molecule has 2 aromatic rings. The van der Waals surface area contributed by atoms with Crippen LogP contribution in [-0.2, 0) is 0 Å². The third-order valence-electron chi connectivity index (χ3n) is 2.92. The van der Waals surface area contributed by atoms with Gasteiger partial charge < -0.3 is 20.9 Å². The molecule has 0 aliphatic carbocycles. The number of rotatable bonds is 4. The van der Waals surface area contributed by atoms with Crippen molar-refractivity contribution in [1.82, 2.24) is 0 Å². The number of hydrogen-bond donors (Lipinski definition) is 2. The summed E-state index contributed by atoms with van der Waals surface area (Å²) >= 11 is 0. The van der Waals surface area contributed by atoms with Gasteiger partial charge in [0.2, 0.25) is 0 Å². The van der Waals surface area contributed by atoms with Crippen molar-refractivity contribution in [2.45, 2.75) is 13.0 Å². The van der Waals surface area contributed by atoms with Crippen LogP contribution < -0.4 is 20.9 Å². The number of nitrogen functional groups attached to an aromatic ring is 2. The van der Waals surface area contributed by atoms with Crippen LogP contribution in [0.25, 0.3) is 0 Å². The highest BCUT2D eigenvalue weighted by molar-refractivity contribution is 5.56. The van der Waals surface area contributed by atoms with Crippen LogP contribution in [-0.4, -0.2) is 7.11 Å². The Balaban J connectivity index is 2.15. The van der Waals surface area contributed by atoms with Crippen molar-refractivity contribution in [3.63, 3.8) is 0 Å². The van der Waals surface area contributed by atoms with Gasteiger partial charge in [-0.05, 0) is 49.4 Å². The van der Waals surface area contributed by atoms with Crippen LogP contribution in [0.5, 0.6) is 11.5 Å². The second-order valence-corrected chi connectivity index (χ2v) is 4.32. The van der Waals surface area contributed by atoms with Crippen molar-refractivity contribution in [2.24, 2.45) is 0 Å². The Morgan fingerprint density at radius 2 is 1.58 bits per heavy atom. The molecule has 2 aromatic carbocycles. The second-order valence-electron chi connectivity index (χ2n) is 4.32. The van der Waals surface area contributed by atoms with Crippen LogP contribution in [0.4, 0.5) is 11.4 Å². The summed E-state index contributed by atoms with van der Waals surface area (Å²) in [5.74, 6) is 1.55. The van der Waals surface area contributed by atoms with Gasteiger partial charge in [-0.1, -0.05) is 0 Å². The van der Waals surface area contributed by atoms with E-state index in [0.29, 0.717) is 11.4 Å². The maximum atomic E-state index is 5.93. The Kier molecular flexibility index (Phi) is 3.80. The summed E-state index contributed by atoms with van der Waals surface area (Å²) in [7, 11) is 1.63. The summed E-state index contributed by atoms with van der Waals surface area (Å²) in [6.45, 7) is 1.94. The Morgan fingerprint density at radius 1 is 0.947 bits per heavy atom. The quantitative estimate of drug-likeness (QED) is 0.827. The average Bonchev–Trinajstić information content (AvgIpc) is 2.42. The van der Waals surface area contributed by atoms with E-state index in [2.05, 4.69) is 0 Å². The molecule has 0 saturated carbocycles. The van der Waals surface area contributed by atoms with Crippen molar-refractivity contribution in [2.75, 3.05) is 18.6 Å². The fraction of sp³-hybridized carbons (Fsp3) is 0.200. The normalized spacial score (nSPS) is 11.9. The zero-order chi connectivity index (χ0) is 13.8. The van der Waals surface area contributed by atoms with Crippen molar-refractivity contribution in [1.29, 1.82) is 0 Å². The molecule has 0 saturated heterocycles. The highest BCUT2D eigenvalue weighted by Crippen LogP contribution is 2.28. The predicted octanol–water partition coefficient (Wildman–Crippen LogP) is 3.00. The van der Waals surface area contributed by atoms with Gasteiger partial charge in [-0.2, -0.15) is 0 Å². The van der Waals surface area contributed by atoms with Gasteiger partial charge in [-0.15, -0.1) is 0 Å². The first kappa shape index (κ1) is 13.1. The minimum absolute atomic E-state index is 0.170. The molecule has 1 atom stereocenters. The average molecular weight is 258 g/mol. The number of ether oxygens (including phenoxy) is 2. The van der Waals surface area contributed by atoms with Crippen molar-refractivity contribution in [3.8, 4) is 11.5 Å². The molecular formula is C15H18N2O2. The van der Waals surface area contributed by atoms with E-state index in [0.717, 1.165) is 17.1 Å². The van der Waals surface area contributed by atoms with Crippen LogP contribution >= 0.6 is 0 Å². The van der Waals surface area contributed by atoms with Gasteiger partial charge in [0.25, 0.3) is 0 Å². The highest BCUT2D eigenvalue weighted by atomic mass is 16.5. The molecule has 0 spiro atoms. The maximum absolute atomic E-state index is 5.93. The van der Waals surface area contributed by atoms with Gasteiger partial charge in [-0.3, -0.25) is 0 Å². The number of anilines is 2. The van der Waals surface area contributed by atoms with Crippen molar-refractivity contribution < 1.29 is 9.47 Å². The topological polar surface area (TPSA) is 70.5 Å². The second kappa shape index (κ2) is 5.52. The molecule has 0 aromatic heterocycles. The molecule has 100 valence electrons. The molecular weight excluding hydrogens is 240 g/mol. The molecule has 0 aliphatic heterocycles. The van der Waals surface area contributed by atoms with Crippen LogP contribution in [0.1, 0.15) is 18.6 Å². The van der Waals surface area contributed by atoms with Crippen LogP contribution in [0.2, 0.25) is 0 Å². The van der Waals surface area contributed by atoms with E-state index in [4.69, 9.17) is 20.9 Å². The monoisotopic (exact) mass is 258 g/mol. The standard InChI is InChI=1S/C15H18N2O2/c1-10(14-9-11(16)3-8-15(14)17)19-13-6-4-12(18-2)5-7-13/h3-10H,16-17H2,1-2H3. The lowest BCUT2D eigenvalue weighted by Gasteiger charge is -2.17. The van der Waals surface area contributed by atoms with E-state index in [1.807, 2.05) is 37.3 Å². The third-order valence-corrected chi connectivity index (χ3v) is 2.92. The molecule has 1 unspecified atom stereocenters. The molecule has 19 heavy (non-hydrogen) atoms. The van der Waals surface area contributed by atoms with E-state index in [9.17, 15) is 0 Å². The van der Waals surface area contributed by atoms with E-state index in [-0.39, 0.29) is 6.10 Å². The lowest BCUT2D eigenvalue weighted by atomic mass is 10.1. The summed E-state index contributed by atoms with van der Waals surface area (Å²) in [6, 6.07) is 12.8. The molecule has 0 amide bonds. The fourth-order valence-corrected chi connectivity index (χ4v) is 1.87. The third kappa shape index (κ3) is 3.10. The molecule has 2 rings (SSSR count). The first-order valence-electron chi connectivity index (χ1n) is 6.05. The molecule has 0 heterocycles. The lowest BCUT2D eigenvalue weighted by Crippen LogP contribution is -2.07. The van der Waals surface area contributed by atoms with Crippen LogP contribution in [0, 0.1) is 0 Å². The minimum Gasteiger partial charge on any atom is -0.497 e. The van der Waals surface area contributed by atoms with Gasteiger partial charge in [0.05, 0.1) is 7.11 Å². The van der Waals surface area contributed by atoms with Crippen LogP contribution in [0.15, 0.2) is 42.5 Å². The zero-order valence-electron chi connectivity index (χ0n) is 11.1. The number of nitrogens with two attached hydrogens (primary N) is 2. The molecule has 4 N–H and O–H groups in total. The van der Waals surface area contributed by atoms with Gasteiger partial charge in [0, 0.05) is 16.9 Å². The largest absolute Gasteiger partial charge is 0.497 e. The van der Waals surface area contributed by atoms with E-state index in [1.165, 1.54) is 0 Å². The first-order chi connectivity index (χ1) is 9.10. The molecule has 4 heteroatoms. The van der Waals surface area contributed by atoms with Gasteiger partial charge in [0.15, 0.2) is 0 Å². The molecule has 0 bridgehead atoms.